The topological polar surface area (TPSA) is 76.9 Å². The number of halogens is 2. The lowest BCUT2D eigenvalue weighted by atomic mass is 10.2. The molecule has 0 aliphatic rings. The molecule has 0 radical (unpaired) electrons. The molecule has 0 aliphatic heterocycles. The van der Waals surface area contributed by atoms with Crippen molar-refractivity contribution in [3.05, 3.63) is 70.7 Å². The summed E-state index contributed by atoms with van der Waals surface area (Å²) in [5, 5.41) is 4.01. The van der Waals surface area contributed by atoms with E-state index in [-0.39, 0.29) is 23.2 Å². The van der Waals surface area contributed by atoms with E-state index in [9.17, 15) is 12.8 Å². The fourth-order valence-corrected chi connectivity index (χ4v) is 3.22. The second-order valence-corrected chi connectivity index (χ2v) is 7.51. The maximum Gasteiger partial charge on any atom is 0.264 e. The molecule has 2 aromatic carbocycles. The summed E-state index contributed by atoms with van der Waals surface area (Å²) >= 11 is 3.25. The van der Waals surface area contributed by atoms with E-state index in [1.165, 1.54) is 29.2 Å². The van der Waals surface area contributed by atoms with Crippen LogP contribution in [-0.2, 0) is 16.6 Å². The smallest absolute Gasteiger partial charge is 0.246 e. The Morgan fingerprint density at radius 1 is 1.12 bits per heavy atom. The zero-order chi connectivity index (χ0) is 17.2. The van der Waals surface area contributed by atoms with Crippen molar-refractivity contribution in [1.82, 2.24) is 14.8 Å². The third-order valence-electron chi connectivity index (χ3n) is 3.18. The lowest BCUT2D eigenvalue weighted by molar-refractivity contribution is 0.584. The average molecular weight is 411 g/mol. The van der Waals surface area contributed by atoms with Crippen molar-refractivity contribution >= 4 is 31.9 Å². The molecule has 0 saturated heterocycles. The average Bonchev–Trinajstić information content (AvgIpc) is 2.96. The van der Waals surface area contributed by atoms with Gasteiger partial charge in [-0.1, -0.05) is 34.1 Å². The molecular weight excluding hydrogens is 399 g/mol. The summed E-state index contributed by atoms with van der Waals surface area (Å²) in [6, 6.07) is 12.5. The normalized spacial score (nSPS) is 11.4. The van der Waals surface area contributed by atoms with Crippen LogP contribution in [-0.4, -0.2) is 23.2 Å². The van der Waals surface area contributed by atoms with Crippen LogP contribution in [0.3, 0.4) is 0 Å². The molecule has 0 saturated carbocycles. The van der Waals surface area contributed by atoms with Crippen LogP contribution in [0.4, 0.5) is 10.3 Å². The first-order chi connectivity index (χ1) is 11.4. The van der Waals surface area contributed by atoms with Crippen molar-refractivity contribution in [1.29, 1.82) is 0 Å². The summed E-state index contributed by atoms with van der Waals surface area (Å²) in [7, 11) is -3.78. The van der Waals surface area contributed by atoms with E-state index in [1.54, 1.807) is 30.3 Å². The third-order valence-corrected chi connectivity index (χ3v) is 5.05. The minimum Gasteiger partial charge on any atom is -0.246 e. The Morgan fingerprint density at radius 3 is 2.54 bits per heavy atom. The standard InChI is InChI=1S/C15H12BrFN4O2S/c16-12-5-7-13(8-6-12)24(22,23)20-15-18-10-21(19-15)9-11-3-1-2-4-14(11)17/h1-8,10H,9H2,(H,19,20). The molecule has 1 heterocycles. The lowest BCUT2D eigenvalue weighted by Crippen LogP contribution is -2.14. The number of hydrogen-bond acceptors (Lipinski definition) is 4. The van der Waals surface area contributed by atoms with Gasteiger partial charge in [-0.2, -0.15) is 4.98 Å². The van der Waals surface area contributed by atoms with E-state index in [1.807, 2.05) is 0 Å². The lowest BCUT2D eigenvalue weighted by Gasteiger charge is -2.05. The SMILES string of the molecule is O=S(=O)(Nc1ncn(Cc2ccccc2F)n1)c1ccc(Br)cc1. The number of anilines is 1. The molecule has 6 nitrogen and oxygen atoms in total. The molecule has 0 unspecified atom stereocenters. The second kappa shape index (κ2) is 6.70. The van der Waals surface area contributed by atoms with Crippen LogP contribution in [0.25, 0.3) is 0 Å². The largest absolute Gasteiger partial charge is 0.264 e. The number of rotatable bonds is 5. The Kier molecular flexibility index (Phi) is 4.63. The van der Waals surface area contributed by atoms with Crippen molar-refractivity contribution < 1.29 is 12.8 Å². The molecule has 0 amide bonds. The molecular formula is C15H12BrFN4O2S. The monoisotopic (exact) mass is 410 g/mol. The molecule has 1 aromatic heterocycles. The van der Waals surface area contributed by atoms with E-state index < -0.39 is 10.0 Å². The van der Waals surface area contributed by atoms with Crippen LogP contribution in [0.15, 0.2) is 64.2 Å². The van der Waals surface area contributed by atoms with Gasteiger partial charge in [-0.05, 0) is 30.3 Å². The number of nitrogens with zero attached hydrogens (tertiary/aromatic N) is 3. The molecule has 0 fully saturated rings. The van der Waals surface area contributed by atoms with Crippen LogP contribution in [0, 0.1) is 5.82 Å². The van der Waals surface area contributed by atoms with Gasteiger partial charge in [0.15, 0.2) is 0 Å². The highest BCUT2D eigenvalue weighted by Crippen LogP contribution is 2.17. The van der Waals surface area contributed by atoms with Crippen LogP contribution >= 0.6 is 15.9 Å². The molecule has 1 N–H and O–H groups in total. The first-order valence-electron chi connectivity index (χ1n) is 6.85. The maximum absolute atomic E-state index is 13.6. The Morgan fingerprint density at radius 2 is 1.83 bits per heavy atom. The summed E-state index contributed by atoms with van der Waals surface area (Å²) < 4.78 is 42.6. The highest BCUT2D eigenvalue weighted by Gasteiger charge is 2.16. The maximum atomic E-state index is 13.6. The van der Waals surface area contributed by atoms with Gasteiger partial charge >= 0.3 is 0 Å². The zero-order valence-corrected chi connectivity index (χ0v) is 14.6. The summed E-state index contributed by atoms with van der Waals surface area (Å²) in [6.07, 6.45) is 1.34. The molecule has 9 heteroatoms. The molecule has 24 heavy (non-hydrogen) atoms. The molecule has 0 aliphatic carbocycles. The van der Waals surface area contributed by atoms with Crippen molar-refractivity contribution in [2.45, 2.75) is 11.4 Å². The van der Waals surface area contributed by atoms with Crippen LogP contribution in [0.2, 0.25) is 0 Å². The zero-order valence-electron chi connectivity index (χ0n) is 12.2. The number of hydrogen-bond donors (Lipinski definition) is 1. The summed E-state index contributed by atoms with van der Waals surface area (Å²) in [6.45, 7) is 0.152. The highest BCUT2D eigenvalue weighted by molar-refractivity contribution is 9.10. The minimum absolute atomic E-state index is 0.0748. The van der Waals surface area contributed by atoms with Gasteiger partial charge in [-0.25, -0.2) is 22.2 Å². The minimum atomic E-state index is -3.78. The number of aromatic nitrogens is 3. The molecule has 0 bridgehead atoms. The summed E-state index contributed by atoms with van der Waals surface area (Å²) in [5.74, 6) is -0.431. The van der Waals surface area contributed by atoms with Gasteiger partial charge in [0.1, 0.15) is 12.1 Å². The van der Waals surface area contributed by atoms with Gasteiger partial charge in [0.05, 0.1) is 11.4 Å². The van der Waals surface area contributed by atoms with Gasteiger partial charge in [0.2, 0.25) is 0 Å². The van der Waals surface area contributed by atoms with Crippen molar-refractivity contribution in [2.24, 2.45) is 0 Å². The van der Waals surface area contributed by atoms with Crippen molar-refractivity contribution in [2.75, 3.05) is 4.72 Å². The number of sulfonamides is 1. The summed E-state index contributed by atoms with van der Waals surface area (Å²) in [4.78, 5) is 3.99. The molecule has 124 valence electrons. The van der Waals surface area contributed by atoms with Crippen LogP contribution in [0.1, 0.15) is 5.56 Å². The van der Waals surface area contributed by atoms with Crippen molar-refractivity contribution in [3.63, 3.8) is 0 Å². The predicted molar refractivity (Wildman–Crippen MR) is 90.5 cm³/mol. The van der Waals surface area contributed by atoms with E-state index in [0.717, 1.165) is 4.47 Å². The Labute approximate surface area is 146 Å². The summed E-state index contributed by atoms with van der Waals surface area (Å²) in [5.41, 5.74) is 0.435. The quantitative estimate of drug-likeness (QED) is 0.700. The van der Waals surface area contributed by atoms with E-state index in [0.29, 0.717) is 5.56 Å². The Hall–Kier alpha value is -2.26. The molecule has 0 spiro atoms. The first kappa shape index (κ1) is 16.6. The van der Waals surface area contributed by atoms with E-state index >= 15 is 0 Å². The third kappa shape index (κ3) is 3.80. The van der Waals surface area contributed by atoms with Crippen molar-refractivity contribution in [3.8, 4) is 0 Å². The van der Waals surface area contributed by atoms with E-state index in [4.69, 9.17) is 0 Å². The fourth-order valence-electron chi connectivity index (χ4n) is 2.01. The number of benzene rings is 2. The van der Waals surface area contributed by atoms with Gasteiger partial charge in [0, 0.05) is 10.0 Å². The van der Waals surface area contributed by atoms with E-state index in [2.05, 4.69) is 30.7 Å². The fraction of sp³-hybridized carbons (Fsp3) is 0.0667. The van der Waals surface area contributed by atoms with Gasteiger partial charge < -0.3 is 0 Å². The molecule has 3 aromatic rings. The molecule has 0 atom stereocenters. The van der Waals surface area contributed by atoms with Gasteiger partial charge in [-0.3, -0.25) is 0 Å². The predicted octanol–water partition coefficient (Wildman–Crippen LogP) is 3.03. The Balaban J connectivity index is 1.76. The highest BCUT2D eigenvalue weighted by atomic mass is 79.9. The van der Waals surface area contributed by atoms with Crippen LogP contribution < -0.4 is 4.72 Å². The second-order valence-electron chi connectivity index (χ2n) is 4.92. The van der Waals surface area contributed by atoms with Crippen LogP contribution in [0.5, 0.6) is 0 Å². The van der Waals surface area contributed by atoms with Gasteiger partial charge in [0.25, 0.3) is 16.0 Å². The molecule has 3 rings (SSSR count). The first-order valence-corrected chi connectivity index (χ1v) is 9.13. The number of nitrogens with one attached hydrogen (secondary N) is 1. The van der Waals surface area contributed by atoms with Gasteiger partial charge in [-0.15, -0.1) is 5.10 Å². The Bertz CT molecular complexity index is 958.